The lowest BCUT2D eigenvalue weighted by molar-refractivity contribution is -0.137. The minimum absolute atomic E-state index is 0.422. The van der Waals surface area contributed by atoms with Crippen LogP contribution in [0.25, 0.3) is 0 Å². The molecule has 0 amide bonds. The molecule has 0 spiro atoms. The van der Waals surface area contributed by atoms with Gasteiger partial charge in [0.2, 0.25) is 0 Å². The number of nitrogens with one attached hydrogen (secondary N) is 1. The summed E-state index contributed by atoms with van der Waals surface area (Å²) in [5.41, 5.74) is 0.325. The normalized spacial score (nSPS) is 19.2. The second kappa shape index (κ2) is 7.30. The van der Waals surface area contributed by atoms with Crippen molar-refractivity contribution in [2.75, 3.05) is 0 Å². The number of rotatable bonds is 4. The molecule has 1 aliphatic carbocycles. The molecular formula is C17H24F3N. The van der Waals surface area contributed by atoms with Crippen LogP contribution in [0.15, 0.2) is 24.3 Å². The maximum atomic E-state index is 12.5. The molecule has 0 unspecified atom stereocenters. The topological polar surface area (TPSA) is 12.0 Å². The highest BCUT2D eigenvalue weighted by atomic mass is 19.4. The van der Waals surface area contributed by atoms with E-state index in [1.807, 2.05) is 0 Å². The van der Waals surface area contributed by atoms with Crippen molar-refractivity contribution >= 4 is 0 Å². The van der Waals surface area contributed by atoms with E-state index < -0.39 is 11.7 Å². The highest BCUT2D eigenvalue weighted by Crippen LogP contribution is 2.29. The lowest BCUT2D eigenvalue weighted by Crippen LogP contribution is -2.32. The molecule has 1 aliphatic rings. The Labute approximate surface area is 124 Å². The van der Waals surface area contributed by atoms with Crippen LogP contribution in [0.5, 0.6) is 0 Å². The van der Waals surface area contributed by atoms with E-state index in [-0.39, 0.29) is 0 Å². The fourth-order valence-corrected chi connectivity index (χ4v) is 3.07. The molecule has 0 saturated heterocycles. The predicted octanol–water partition coefficient (Wildman–Crippen LogP) is 5.15. The average Bonchev–Trinajstić information content (AvgIpc) is 2.73. The van der Waals surface area contributed by atoms with Crippen molar-refractivity contribution in [1.82, 2.24) is 5.32 Å². The van der Waals surface area contributed by atoms with Gasteiger partial charge in [0, 0.05) is 12.6 Å². The summed E-state index contributed by atoms with van der Waals surface area (Å²) in [7, 11) is 0. The first kappa shape index (κ1) is 16.3. The zero-order valence-electron chi connectivity index (χ0n) is 12.5. The molecule has 1 saturated carbocycles. The van der Waals surface area contributed by atoms with Gasteiger partial charge in [-0.2, -0.15) is 13.2 Å². The van der Waals surface area contributed by atoms with E-state index in [0.29, 0.717) is 18.5 Å². The molecular weight excluding hydrogens is 275 g/mol. The summed E-state index contributed by atoms with van der Waals surface area (Å²) in [6.07, 6.45) is 3.56. The van der Waals surface area contributed by atoms with Crippen LogP contribution in [0, 0.1) is 5.92 Å². The summed E-state index contributed by atoms with van der Waals surface area (Å²) in [4.78, 5) is 0. The highest BCUT2D eigenvalue weighted by molar-refractivity contribution is 5.24. The smallest absolute Gasteiger partial charge is 0.310 e. The Hall–Kier alpha value is -1.03. The number of benzene rings is 1. The Morgan fingerprint density at radius 3 is 2.14 bits per heavy atom. The zero-order valence-corrected chi connectivity index (χ0v) is 12.5. The van der Waals surface area contributed by atoms with Gasteiger partial charge in [0.05, 0.1) is 5.56 Å². The van der Waals surface area contributed by atoms with Crippen molar-refractivity contribution in [2.24, 2.45) is 5.92 Å². The van der Waals surface area contributed by atoms with Crippen LogP contribution >= 0.6 is 0 Å². The molecule has 1 aromatic rings. The van der Waals surface area contributed by atoms with Crippen LogP contribution in [0.4, 0.5) is 13.2 Å². The van der Waals surface area contributed by atoms with Gasteiger partial charge < -0.3 is 5.32 Å². The molecule has 0 bridgehead atoms. The summed E-state index contributed by atoms with van der Waals surface area (Å²) < 4.78 is 37.5. The highest BCUT2D eigenvalue weighted by Gasteiger charge is 2.29. The van der Waals surface area contributed by atoms with Crippen LogP contribution in [0.3, 0.4) is 0 Å². The van der Waals surface area contributed by atoms with Crippen LogP contribution in [0.2, 0.25) is 0 Å². The minimum atomic E-state index is -4.25. The summed E-state index contributed by atoms with van der Waals surface area (Å²) in [6, 6.07) is 5.87. The van der Waals surface area contributed by atoms with Crippen LogP contribution in [-0.2, 0) is 12.7 Å². The fourth-order valence-electron chi connectivity index (χ4n) is 3.07. The maximum absolute atomic E-state index is 12.5. The molecule has 4 heteroatoms. The lowest BCUT2D eigenvalue weighted by atomic mass is 9.93. The summed E-state index contributed by atoms with van der Waals surface area (Å²) in [6.45, 7) is 2.83. The third-order valence-corrected chi connectivity index (χ3v) is 4.52. The quantitative estimate of drug-likeness (QED) is 0.758. The first-order chi connectivity index (χ1) is 9.97. The molecule has 0 radical (unpaired) electrons. The Morgan fingerprint density at radius 2 is 1.62 bits per heavy atom. The molecule has 1 fully saturated rings. The van der Waals surface area contributed by atoms with E-state index in [0.717, 1.165) is 17.7 Å². The van der Waals surface area contributed by atoms with E-state index in [1.165, 1.54) is 38.5 Å². The Bertz CT molecular complexity index is 417. The van der Waals surface area contributed by atoms with E-state index in [1.54, 1.807) is 12.1 Å². The zero-order chi connectivity index (χ0) is 15.3. The van der Waals surface area contributed by atoms with Gasteiger partial charge in [-0.25, -0.2) is 0 Å². The second-order valence-corrected chi connectivity index (χ2v) is 6.12. The Morgan fingerprint density at radius 1 is 1.05 bits per heavy atom. The number of hydrogen-bond acceptors (Lipinski definition) is 1. The van der Waals surface area contributed by atoms with Crippen molar-refractivity contribution < 1.29 is 13.2 Å². The third-order valence-electron chi connectivity index (χ3n) is 4.52. The van der Waals surface area contributed by atoms with Crippen molar-refractivity contribution in [3.05, 3.63) is 35.4 Å². The third kappa shape index (κ3) is 5.03. The minimum Gasteiger partial charge on any atom is -0.310 e. The summed E-state index contributed by atoms with van der Waals surface area (Å²) >= 11 is 0. The van der Waals surface area contributed by atoms with Gasteiger partial charge in [0.25, 0.3) is 0 Å². The fraction of sp³-hybridized carbons (Fsp3) is 0.647. The molecule has 1 atom stereocenters. The van der Waals surface area contributed by atoms with Crippen molar-refractivity contribution in [1.29, 1.82) is 0 Å². The molecule has 0 aromatic heterocycles. The number of alkyl halides is 3. The summed E-state index contributed by atoms with van der Waals surface area (Å²) in [5.74, 6) is 0.696. The second-order valence-electron chi connectivity index (χ2n) is 6.12. The largest absolute Gasteiger partial charge is 0.416 e. The average molecular weight is 299 g/mol. The van der Waals surface area contributed by atoms with Crippen molar-refractivity contribution in [3.8, 4) is 0 Å². The molecule has 1 N–H and O–H groups in total. The van der Waals surface area contributed by atoms with Gasteiger partial charge >= 0.3 is 6.18 Å². The van der Waals surface area contributed by atoms with E-state index in [9.17, 15) is 13.2 Å². The van der Waals surface area contributed by atoms with Crippen LogP contribution < -0.4 is 5.32 Å². The SMILES string of the molecule is C[C@@H](NCc1ccc(C(F)(F)F)cc1)C1CCCCCC1. The number of hydrogen-bond donors (Lipinski definition) is 1. The molecule has 118 valence electrons. The van der Waals surface area contributed by atoms with E-state index in [2.05, 4.69) is 12.2 Å². The van der Waals surface area contributed by atoms with Crippen LogP contribution in [0.1, 0.15) is 56.6 Å². The van der Waals surface area contributed by atoms with Gasteiger partial charge in [-0.1, -0.05) is 37.8 Å². The van der Waals surface area contributed by atoms with Gasteiger partial charge in [-0.15, -0.1) is 0 Å². The van der Waals surface area contributed by atoms with Gasteiger partial charge in [0.1, 0.15) is 0 Å². The molecule has 21 heavy (non-hydrogen) atoms. The Balaban J connectivity index is 1.84. The van der Waals surface area contributed by atoms with Crippen molar-refractivity contribution in [3.63, 3.8) is 0 Å². The summed E-state index contributed by atoms with van der Waals surface area (Å²) in [5, 5.41) is 3.47. The number of halogens is 3. The predicted molar refractivity (Wildman–Crippen MR) is 78.9 cm³/mol. The molecule has 2 rings (SSSR count). The van der Waals surface area contributed by atoms with Gasteiger partial charge in [-0.05, 0) is 43.4 Å². The molecule has 0 aliphatic heterocycles. The van der Waals surface area contributed by atoms with E-state index in [4.69, 9.17) is 0 Å². The first-order valence-electron chi connectivity index (χ1n) is 7.86. The first-order valence-corrected chi connectivity index (χ1v) is 7.86. The molecule has 1 nitrogen and oxygen atoms in total. The maximum Gasteiger partial charge on any atom is 0.416 e. The molecule has 0 heterocycles. The lowest BCUT2D eigenvalue weighted by Gasteiger charge is -2.23. The van der Waals surface area contributed by atoms with Gasteiger partial charge in [0.15, 0.2) is 0 Å². The standard InChI is InChI=1S/C17H24F3N/c1-13(15-6-4-2-3-5-7-15)21-12-14-8-10-16(11-9-14)17(18,19)20/h8-11,13,15,21H,2-7,12H2,1H3/t13-/m1/s1. The van der Waals surface area contributed by atoms with Gasteiger partial charge in [-0.3, -0.25) is 0 Å². The monoisotopic (exact) mass is 299 g/mol. The van der Waals surface area contributed by atoms with E-state index >= 15 is 0 Å². The Kier molecular flexibility index (Phi) is 5.68. The molecule has 1 aromatic carbocycles. The van der Waals surface area contributed by atoms with Crippen LogP contribution in [-0.4, -0.2) is 6.04 Å². The van der Waals surface area contributed by atoms with Crippen molar-refractivity contribution in [2.45, 2.75) is 64.2 Å².